The summed E-state index contributed by atoms with van der Waals surface area (Å²) in [4.78, 5) is 0. The molecule has 0 atom stereocenters. The van der Waals surface area contributed by atoms with Gasteiger partial charge in [0.05, 0.1) is 7.11 Å². The number of ether oxygens (including phenoxy) is 1. The fourth-order valence-electron chi connectivity index (χ4n) is 2.82. The molecule has 0 fully saturated rings. The lowest BCUT2D eigenvalue weighted by Crippen LogP contribution is -2.00. The van der Waals surface area contributed by atoms with Crippen LogP contribution in [0.15, 0.2) is 53.7 Å². The quantitative estimate of drug-likeness (QED) is 0.525. The predicted molar refractivity (Wildman–Crippen MR) is 108 cm³/mol. The minimum absolute atomic E-state index is 0.530. The lowest BCUT2D eigenvalue weighted by molar-refractivity contribution is 0.414. The molecular formula is C21H25N3OS. The average Bonchev–Trinajstić information content (AvgIpc) is 3.09. The zero-order chi connectivity index (χ0) is 18.5. The molecule has 0 bridgehead atoms. The zero-order valence-corrected chi connectivity index (χ0v) is 16.6. The first-order valence-corrected chi connectivity index (χ1v) is 9.90. The van der Waals surface area contributed by atoms with Crippen LogP contribution in [0.1, 0.15) is 37.8 Å². The number of hydrogen-bond donors (Lipinski definition) is 0. The van der Waals surface area contributed by atoms with Gasteiger partial charge in [0.15, 0.2) is 11.0 Å². The molecule has 0 N–H and O–H groups in total. The van der Waals surface area contributed by atoms with Crippen molar-refractivity contribution in [2.45, 2.75) is 44.1 Å². The van der Waals surface area contributed by atoms with Crippen molar-refractivity contribution in [2.75, 3.05) is 7.11 Å². The van der Waals surface area contributed by atoms with Gasteiger partial charge >= 0.3 is 0 Å². The summed E-state index contributed by atoms with van der Waals surface area (Å²) in [6.45, 7) is 7.38. The fraction of sp³-hybridized carbons (Fsp3) is 0.333. The van der Waals surface area contributed by atoms with Gasteiger partial charge in [-0.3, -0.25) is 0 Å². The second-order valence-corrected chi connectivity index (χ2v) is 7.41. The first kappa shape index (κ1) is 18.5. The Kier molecular flexibility index (Phi) is 5.99. The Balaban J connectivity index is 1.79. The van der Waals surface area contributed by atoms with Gasteiger partial charge in [0.1, 0.15) is 5.75 Å². The predicted octanol–water partition coefficient (Wildman–Crippen LogP) is 5.39. The molecule has 0 aliphatic heterocycles. The van der Waals surface area contributed by atoms with Crippen LogP contribution in [0.2, 0.25) is 0 Å². The third kappa shape index (κ3) is 4.10. The average molecular weight is 368 g/mol. The van der Waals surface area contributed by atoms with Crippen molar-refractivity contribution in [3.63, 3.8) is 0 Å². The maximum absolute atomic E-state index is 5.30. The number of thioether (sulfide) groups is 1. The Bertz CT molecular complexity index is 856. The van der Waals surface area contributed by atoms with Crippen molar-refractivity contribution in [3.8, 4) is 17.1 Å². The molecule has 0 aliphatic rings. The van der Waals surface area contributed by atoms with E-state index in [0.717, 1.165) is 34.6 Å². The fourth-order valence-corrected chi connectivity index (χ4v) is 3.77. The normalized spacial score (nSPS) is 11.1. The van der Waals surface area contributed by atoms with E-state index in [1.807, 2.05) is 12.1 Å². The summed E-state index contributed by atoms with van der Waals surface area (Å²) in [7, 11) is 1.69. The van der Waals surface area contributed by atoms with Gasteiger partial charge in [0.2, 0.25) is 0 Å². The number of benzene rings is 2. The number of nitrogens with zero attached hydrogens (tertiary/aromatic N) is 3. The van der Waals surface area contributed by atoms with E-state index in [2.05, 4.69) is 71.9 Å². The second kappa shape index (κ2) is 8.41. The molecule has 0 saturated heterocycles. The number of hydrogen-bond acceptors (Lipinski definition) is 4. The molecule has 136 valence electrons. The minimum atomic E-state index is 0.530. The summed E-state index contributed by atoms with van der Waals surface area (Å²) in [5.74, 6) is 3.17. The van der Waals surface area contributed by atoms with Crippen LogP contribution >= 0.6 is 11.8 Å². The van der Waals surface area contributed by atoms with Gasteiger partial charge in [-0.25, -0.2) is 0 Å². The van der Waals surface area contributed by atoms with Crippen molar-refractivity contribution in [1.29, 1.82) is 0 Å². The van der Waals surface area contributed by atoms with Crippen molar-refractivity contribution < 1.29 is 4.74 Å². The van der Waals surface area contributed by atoms with Crippen molar-refractivity contribution in [2.24, 2.45) is 0 Å². The molecule has 0 spiro atoms. The standard InChI is InChI=1S/C21H25N3OS/c1-5-24-20(18-11-9-17(10-12-18)15(2)3)22-23-21(24)26-14-16-7-6-8-19(13-16)25-4/h6-13,15H,5,14H2,1-4H3. The second-order valence-electron chi connectivity index (χ2n) is 6.47. The van der Waals surface area contributed by atoms with Crippen LogP contribution in [0.5, 0.6) is 5.75 Å². The molecule has 5 heteroatoms. The number of aromatic nitrogens is 3. The number of methoxy groups -OCH3 is 1. The Morgan fingerprint density at radius 3 is 2.50 bits per heavy atom. The highest BCUT2D eigenvalue weighted by Gasteiger charge is 2.13. The molecule has 26 heavy (non-hydrogen) atoms. The largest absolute Gasteiger partial charge is 0.497 e. The van der Waals surface area contributed by atoms with E-state index in [4.69, 9.17) is 4.74 Å². The third-order valence-electron chi connectivity index (χ3n) is 4.37. The first-order chi connectivity index (χ1) is 12.6. The maximum Gasteiger partial charge on any atom is 0.191 e. The SMILES string of the molecule is CCn1c(SCc2cccc(OC)c2)nnc1-c1ccc(C(C)C)cc1. The minimum Gasteiger partial charge on any atom is -0.497 e. The van der Waals surface area contributed by atoms with Gasteiger partial charge < -0.3 is 9.30 Å². The van der Waals surface area contributed by atoms with E-state index in [1.54, 1.807) is 18.9 Å². The summed E-state index contributed by atoms with van der Waals surface area (Å²) < 4.78 is 7.47. The molecule has 0 saturated carbocycles. The van der Waals surface area contributed by atoms with E-state index in [9.17, 15) is 0 Å². The van der Waals surface area contributed by atoms with Gasteiger partial charge in [0, 0.05) is 17.9 Å². The van der Waals surface area contributed by atoms with Crippen LogP contribution in [-0.2, 0) is 12.3 Å². The van der Waals surface area contributed by atoms with E-state index in [0.29, 0.717) is 5.92 Å². The summed E-state index contributed by atoms with van der Waals surface area (Å²) in [5.41, 5.74) is 3.66. The molecule has 3 aromatic rings. The summed E-state index contributed by atoms with van der Waals surface area (Å²) in [6.07, 6.45) is 0. The van der Waals surface area contributed by atoms with Gasteiger partial charge in [-0.2, -0.15) is 0 Å². The van der Waals surface area contributed by atoms with Crippen LogP contribution in [0, 0.1) is 0 Å². The topological polar surface area (TPSA) is 39.9 Å². The van der Waals surface area contributed by atoms with Crippen LogP contribution in [0.25, 0.3) is 11.4 Å². The van der Waals surface area contributed by atoms with Crippen LogP contribution in [0.4, 0.5) is 0 Å². The van der Waals surface area contributed by atoms with Crippen LogP contribution in [0.3, 0.4) is 0 Å². The summed E-state index contributed by atoms with van der Waals surface area (Å²) in [6, 6.07) is 16.8. The molecule has 0 aliphatic carbocycles. The van der Waals surface area contributed by atoms with E-state index >= 15 is 0 Å². The molecule has 0 radical (unpaired) electrons. The Hall–Kier alpha value is -2.27. The highest BCUT2D eigenvalue weighted by molar-refractivity contribution is 7.98. The summed E-state index contributed by atoms with van der Waals surface area (Å²) in [5, 5.41) is 9.81. The smallest absolute Gasteiger partial charge is 0.191 e. The first-order valence-electron chi connectivity index (χ1n) is 8.91. The molecule has 4 nitrogen and oxygen atoms in total. The molecule has 1 aromatic heterocycles. The summed E-state index contributed by atoms with van der Waals surface area (Å²) >= 11 is 1.70. The molecule has 0 amide bonds. The van der Waals surface area contributed by atoms with Crippen LogP contribution < -0.4 is 4.74 Å². The van der Waals surface area contributed by atoms with Gasteiger partial charge in [-0.15, -0.1) is 10.2 Å². The Morgan fingerprint density at radius 1 is 1.08 bits per heavy atom. The van der Waals surface area contributed by atoms with Crippen molar-refractivity contribution >= 4 is 11.8 Å². The lowest BCUT2D eigenvalue weighted by Gasteiger charge is -2.09. The zero-order valence-electron chi connectivity index (χ0n) is 15.8. The van der Waals surface area contributed by atoms with E-state index < -0.39 is 0 Å². The van der Waals surface area contributed by atoms with Gasteiger partial charge in [-0.1, -0.05) is 62.0 Å². The number of rotatable bonds is 7. The maximum atomic E-state index is 5.30. The van der Waals surface area contributed by atoms with Crippen LogP contribution in [-0.4, -0.2) is 21.9 Å². The highest BCUT2D eigenvalue weighted by atomic mass is 32.2. The van der Waals surface area contributed by atoms with E-state index in [1.165, 1.54) is 11.1 Å². The Labute approximate surface area is 159 Å². The van der Waals surface area contributed by atoms with Crippen molar-refractivity contribution in [1.82, 2.24) is 14.8 Å². The van der Waals surface area contributed by atoms with Gasteiger partial charge in [-0.05, 0) is 36.1 Å². The van der Waals surface area contributed by atoms with Crippen molar-refractivity contribution in [3.05, 3.63) is 59.7 Å². The molecule has 3 rings (SSSR count). The Morgan fingerprint density at radius 2 is 1.85 bits per heavy atom. The molecular weight excluding hydrogens is 342 g/mol. The third-order valence-corrected chi connectivity index (χ3v) is 5.41. The monoisotopic (exact) mass is 367 g/mol. The van der Waals surface area contributed by atoms with E-state index in [-0.39, 0.29) is 0 Å². The highest BCUT2D eigenvalue weighted by Crippen LogP contribution is 2.28. The van der Waals surface area contributed by atoms with Gasteiger partial charge in [0.25, 0.3) is 0 Å². The molecule has 2 aromatic carbocycles. The molecule has 1 heterocycles. The lowest BCUT2D eigenvalue weighted by atomic mass is 10.0. The molecule has 0 unspecified atom stereocenters.